The summed E-state index contributed by atoms with van der Waals surface area (Å²) in [5.41, 5.74) is 0.951. The quantitative estimate of drug-likeness (QED) is 0.672. The van der Waals surface area contributed by atoms with Crippen LogP contribution >= 0.6 is 11.3 Å². The monoisotopic (exact) mass is 368 g/mol. The van der Waals surface area contributed by atoms with Crippen molar-refractivity contribution in [3.8, 4) is 0 Å². The smallest absolute Gasteiger partial charge is 0.265 e. The molecule has 134 valence electrons. The van der Waals surface area contributed by atoms with E-state index in [1.54, 1.807) is 36.5 Å². The number of benzene rings is 1. The first kappa shape index (κ1) is 17.9. The minimum absolute atomic E-state index is 0.209. The SMILES string of the molecule is CC(CNC(=O)c1ccccc1NC(=O)c1cccs1)Cn1cccn1. The van der Waals surface area contributed by atoms with Crippen LogP contribution in [-0.4, -0.2) is 28.1 Å². The van der Waals surface area contributed by atoms with Crippen molar-refractivity contribution in [1.29, 1.82) is 0 Å². The fourth-order valence-electron chi connectivity index (χ4n) is 2.54. The summed E-state index contributed by atoms with van der Waals surface area (Å²) in [6, 6.07) is 12.5. The van der Waals surface area contributed by atoms with E-state index < -0.39 is 0 Å². The Morgan fingerprint density at radius 1 is 1.15 bits per heavy atom. The summed E-state index contributed by atoms with van der Waals surface area (Å²) in [5.74, 6) is -0.196. The summed E-state index contributed by atoms with van der Waals surface area (Å²) in [4.78, 5) is 25.4. The minimum atomic E-state index is -0.215. The topological polar surface area (TPSA) is 76.0 Å². The molecule has 0 fully saturated rings. The third kappa shape index (κ3) is 4.58. The van der Waals surface area contributed by atoms with Gasteiger partial charge in [-0.2, -0.15) is 5.10 Å². The van der Waals surface area contributed by atoms with Gasteiger partial charge >= 0.3 is 0 Å². The van der Waals surface area contributed by atoms with Crippen molar-refractivity contribution in [2.75, 3.05) is 11.9 Å². The fraction of sp³-hybridized carbons (Fsp3) is 0.211. The van der Waals surface area contributed by atoms with Crippen LogP contribution in [0.1, 0.15) is 27.0 Å². The molecule has 26 heavy (non-hydrogen) atoms. The van der Waals surface area contributed by atoms with Crippen molar-refractivity contribution < 1.29 is 9.59 Å². The fourth-order valence-corrected chi connectivity index (χ4v) is 3.16. The summed E-state index contributed by atoms with van der Waals surface area (Å²) in [5, 5.41) is 11.8. The van der Waals surface area contributed by atoms with Crippen LogP contribution in [0.4, 0.5) is 5.69 Å². The van der Waals surface area contributed by atoms with Crippen molar-refractivity contribution in [3.05, 3.63) is 70.7 Å². The Labute approximate surface area is 155 Å². The Bertz CT molecular complexity index is 860. The van der Waals surface area contributed by atoms with Crippen LogP contribution in [0.3, 0.4) is 0 Å². The van der Waals surface area contributed by atoms with Gasteiger partial charge in [0.25, 0.3) is 11.8 Å². The Morgan fingerprint density at radius 2 is 2.00 bits per heavy atom. The summed E-state index contributed by atoms with van der Waals surface area (Å²) < 4.78 is 1.84. The standard InChI is InChI=1S/C19H20N4O2S/c1-14(13-23-10-5-9-21-23)12-20-18(24)15-6-2-3-7-16(15)22-19(25)17-8-4-11-26-17/h2-11,14H,12-13H2,1H3,(H,20,24)(H,22,25). The zero-order chi connectivity index (χ0) is 18.4. The minimum Gasteiger partial charge on any atom is -0.352 e. The molecule has 2 aromatic heterocycles. The molecule has 0 radical (unpaired) electrons. The van der Waals surface area contributed by atoms with E-state index in [4.69, 9.17) is 0 Å². The van der Waals surface area contributed by atoms with Crippen molar-refractivity contribution in [1.82, 2.24) is 15.1 Å². The summed E-state index contributed by atoms with van der Waals surface area (Å²) in [7, 11) is 0. The lowest BCUT2D eigenvalue weighted by Crippen LogP contribution is -2.30. The number of anilines is 1. The van der Waals surface area contributed by atoms with Crippen LogP contribution in [0.5, 0.6) is 0 Å². The van der Waals surface area contributed by atoms with Gasteiger partial charge in [-0.1, -0.05) is 25.1 Å². The highest BCUT2D eigenvalue weighted by Gasteiger charge is 2.15. The van der Waals surface area contributed by atoms with Crippen molar-refractivity contribution >= 4 is 28.8 Å². The van der Waals surface area contributed by atoms with Gasteiger partial charge in [-0.15, -0.1) is 11.3 Å². The Hall–Kier alpha value is -2.93. The van der Waals surface area contributed by atoms with Gasteiger partial charge in [-0.05, 0) is 35.6 Å². The zero-order valence-electron chi connectivity index (χ0n) is 14.4. The molecular formula is C19H20N4O2S. The Morgan fingerprint density at radius 3 is 2.73 bits per heavy atom. The molecule has 3 rings (SSSR count). The number of carbonyl (C=O) groups is 2. The maximum Gasteiger partial charge on any atom is 0.265 e. The highest BCUT2D eigenvalue weighted by atomic mass is 32.1. The van der Waals surface area contributed by atoms with Crippen LogP contribution in [0.25, 0.3) is 0 Å². The van der Waals surface area contributed by atoms with Gasteiger partial charge in [0, 0.05) is 25.5 Å². The average Bonchev–Trinajstić information content (AvgIpc) is 3.34. The lowest BCUT2D eigenvalue weighted by Gasteiger charge is -2.14. The Kier molecular flexibility index (Phi) is 5.80. The van der Waals surface area contributed by atoms with E-state index in [1.807, 2.05) is 35.3 Å². The molecule has 0 aliphatic carbocycles. The number of hydrogen-bond acceptors (Lipinski definition) is 4. The highest BCUT2D eigenvalue weighted by Crippen LogP contribution is 2.18. The van der Waals surface area contributed by atoms with Gasteiger partial charge in [0.05, 0.1) is 16.1 Å². The molecule has 7 heteroatoms. The van der Waals surface area contributed by atoms with Crippen molar-refractivity contribution in [2.45, 2.75) is 13.5 Å². The zero-order valence-corrected chi connectivity index (χ0v) is 15.2. The largest absolute Gasteiger partial charge is 0.352 e. The van der Waals surface area contributed by atoms with Gasteiger partial charge in [-0.3, -0.25) is 14.3 Å². The molecule has 2 N–H and O–H groups in total. The van der Waals surface area contributed by atoms with Gasteiger partial charge in [0.15, 0.2) is 0 Å². The predicted molar refractivity (Wildman–Crippen MR) is 102 cm³/mol. The van der Waals surface area contributed by atoms with Gasteiger partial charge in [0.1, 0.15) is 0 Å². The Balaban J connectivity index is 1.61. The predicted octanol–water partition coefficient (Wildman–Crippen LogP) is 3.26. The molecule has 6 nitrogen and oxygen atoms in total. The second-order valence-electron chi connectivity index (χ2n) is 6.02. The van der Waals surface area contributed by atoms with Crippen molar-refractivity contribution in [3.63, 3.8) is 0 Å². The number of hydrogen-bond donors (Lipinski definition) is 2. The normalized spacial score (nSPS) is 11.7. The van der Waals surface area contributed by atoms with Gasteiger partial charge in [0.2, 0.25) is 0 Å². The van der Waals surface area contributed by atoms with E-state index in [0.717, 1.165) is 6.54 Å². The average molecular weight is 368 g/mol. The molecule has 0 saturated carbocycles. The van der Waals surface area contributed by atoms with Gasteiger partial charge < -0.3 is 10.6 Å². The van der Waals surface area contributed by atoms with E-state index in [-0.39, 0.29) is 17.7 Å². The molecule has 1 atom stereocenters. The van der Waals surface area contributed by atoms with Crippen LogP contribution in [0, 0.1) is 5.92 Å². The maximum atomic E-state index is 12.6. The third-order valence-corrected chi connectivity index (χ3v) is 4.70. The molecule has 2 heterocycles. The first-order valence-corrected chi connectivity index (χ1v) is 9.21. The second-order valence-corrected chi connectivity index (χ2v) is 6.97. The molecular weight excluding hydrogens is 348 g/mol. The van der Waals surface area contributed by atoms with Crippen LogP contribution in [-0.2, 0) is 6.54 Å². The van der Waals surface area contributed by atoms with E-state index in [2.05, 4.69) is 15.7 Å². The number of thiophene rings is 1. The first-order valence-electron chi connectivity index (χ1n) is 8.33. The number of nitrogens with zero attached hydrogens (tertiary/aromatic N) is 2. The van der Waals surface area contributed by atoms with E-state index in [1.165, 1.54) is 11.3 Å². The van der Waals surface area contributed by atoms with Gasteiger partial charge in [-0.25, -0.2) is 0 Å². The van der Waals surface area contributed by atoms with E-state index in [9.17, 15) is 9.59 Å². The number of para-hydroxylation sites is 1. The molecule has 2 amide bonds. The highest BCUT2D eigenvalue weighted by molar-refractivity contribution is 7.12. The molecule has 0 spiro atoms. The molecule has 1 unspecified atom stereocenters. The van der Waals surface area contributed by atoms with E-state index >= 15 is 0 Å². The van der Waals surface area contributed by atoms with E-state index in [0.29, 0.717) is 22.7 Å². The summed E-state index contributed by atoms with van der Waals surface area (Å²) in [6.45, 7) is 3.29. The second kappa shape index (κ2) is 8.44. The van der Waals surface area contributed by atoms with Crippen molar-refractivity contribution in [2.24, 2.45) is 5.92 Å². The molecule has 0 saturated heterocycles. The number of nitrogens with one attached hydrogen (secondary N) is 2. The van der Waals surface area contributed by atoms with Crippen LogP contribution < -0.4 is 10.6 Å². The number of rotatable bonds is 7. The summed E-state index contributed by atoms with van der Waals surface area (Å²) >= 11 is 1.36. The lowest BCUT2D eigenvalue weighted by molar-refractivity contribution is 0.0947. The van der Waals surface area contributed by atoms with Crippen LogP contribution in [0.15, 0.2) is 60.2 Å². The summed E-state index contributed by atoms with van der Waals surface area (Å²) in [6.07, 6.45) is 3.63. The van der Waals surface area contributed by atoms with Crippen LogP contribution in [0.2, 0.25) is 0 Å². The lowest BCUT2D eigenvalue weighted by atomic mass is 10.1. The first-order chi connectivity index (χ1) is 12.6. The number of carbonyl (C=O) groups excluding carboxylic acids is 2. The number of amides is 2. The maximum absolute atomic E-state index is 12.6. The number of aromatic nitrogens is 2. The molecule has 3 aromatic rings. The molecule has 0 aliphatic rings. The third-order valence-electron chi connectivity index (χ3n) is 3.83. The molecule has 0 bridgehead atoms. The molecule has 0 aliphatic heterocycles. The molecule has 1 aromatic carbocycles.